The molecule has 19 heavy (non-hydrogen) atoms. The number of carbonyl (C=O) groups excluding carboxylic acids is 2. The first-order valence-electron chi connectivity index (χ1n) is 6.13. The van der Waals surface area contributed by atoms with Crippen LogP contribution in [0.25, 0.3) is 6.08 Å². The molecule has 0 aliphatic heterocycles. The fraction of sp³-hybridized carbons (Fsp3) is 0.429. The predicted molar refractivity (Wildman–Crippen MR) is 71.1 cm³/mol. The summed E-state index contributed by atoms with van der Waals surface area (Å²) in [7, 11) is 1.31. The van der Waals surface area contributed by atoms with E-state index in [2.05, 4.69) is 10.1 Å². The van der Waals surface area contributed by atoms with Crippen molar-refractivity contribution < 1.29 is 18.7 Å². The number of hydrogen-bond donors (Lipinski definition) is 1. The normalized spacial score (nSPS) is 12.6. The van der Waals surface area contributed by atoms with Crippen LogP contribution >= 0.6 is 0 Å². The van der Waals surface area contributed by atoms with Crippen LogP contribution in [0.15, 0.2) is 28.9 Å². The number of methoxy groups -OCH3 is 1. The fourth-order valence-electron chi connectivity index (χ4n) is 1.59. The van der Waals surface area contributed by atoms with Gasteiger partial charge in [0.15, 0.2) is 0 Å². The minimum atomic E-state index is -0.626. The summed E-state index contributed by atoms with van der Waals surface area (Å²) in [6.07, 6.45) is 4.93. The Morgan fingerprint density at radius 3 is 2.74 bits per heavy atom. The van der Waals surface area contributed by atoms with Gasteiger partial charge in [-0.1, -0.05) is 13.8 Å². The summed E-state index contributed by atoms with van der Waals surface area (Å²) in [4.78, 5) is 23.2. The van der Waals surface area contributed by atoms with E-state index in [9.17, 15) is 9.59 Å². The van der Waals surface area contributed by atoms with Gasteiger partial charge in [-0.3, -0.25) is 4.79 Å². The lowest BCUT2D eigenvalue weighted by molar-refractivity contribution is -0.145. The van der Waals surface area contributed by atoms with Crippen LogP contribution in [0.2, 0.25) is 0 Å². The molecule has 0 aliphatic rings. The van der Waals surface area contributed by atoms with Crippen molar-refractivity contribution in [2.24, 2.45) is 5.92 Å². The molecule has 1 amide bonds. The molecule has 1 aromatic heterocycles. The molecule has 0 unspecified atom stereocenters. The van der Waals surface area contributed by atoms with E-state index < -0.39 is 12.0 Å². The highest BCUT2D eigenvalue weighted by Gasteiger charge is 2.21. The number of amides is 1. The molecule has 5 heteroatoms. The third-order valence-electron chi connectivity index (χ3n) is 2.45. The molecule has 1 aromatic rings. The van der Waals surface area contributed by atoms with Gasteiger partial charge in [-0.2, -0.15) is 0 Å². The molecule has 0 radical (unpaired) electrons. The molecule has 0 saturated heterocycles. The van der Waals surface area contributed by atoms with Crippen LogP contribution in [-0.2, 0) is 14.3 Å². The Morgan fingerprint density at radius 2 is 2.21 bits per heavy atom. The van der Waals surface area contributed by atoms with Gasteiger partial charge in [-0.15, -0.1) is 0 Å². The Hall–Kier alpha value is -2.04. The minimum Gasteiger partial charge on any atom is -0.467 e. The van der Waals surface area contributed by atoms with Crippen LogP contribution in [0.5, 0.6) is 0 Å². The first kappa shape index (κ1) is 15.0. The van der Waals surface area contributed by atoms with Crippen molar-refractivity contribution in [3.8, 4) is 0 Å². The number of nitrogens with one attached hydrogen (secondary N) is 1. The summed E-state index contributed by atoms with van der Waals surface area (Å²) in [6, 6.07) is 2.84. The Bertz CT molecular complexity index is 434. The summed E-state index contributed by atoms with van der Waals surface area (Å²) < 4.78 is 9.73. The summed E-state index contributed by atoms with van der Waals surface area (Å²) in [5.41, 5.74) is 0. The lowest BCUT2D eigenvalue weighted by Gasteiger charge is -2.17. The van der Waals surface area contributed by atoms with Gasteiger partial charge in [0, 0.05) is 6.08 Å². The molecule has 1 atom stereocenters. The van der Waals surface area contributed by atoms with Gasteiger partial charge in [0.05, 0.1) is 13.4 Å². The van der Waals surface area contributed by atoms with E-state index in [1.54, 1.807) is 18.2 Å². The van der Waals surface area contributed by atoms with Crippen molar-refractivity contribution in [2.45, 2.75) is 26.3 Å². The second-order valence-corrected chi connectivity index (χ2v) is 4.56. The number of carbonyl (C=O) groups is 2. The predicted octanol–water partition coefficient (Wildman–Crippen LogP) is 2.00. The third-order valence-corrected chi connectivity index (χ3v) is 2.45. The maximum atomic E-state index is 11.7. The van der Waals surface area contributed by atoms with Crippen molar-refractivity contribution in [3.63, 3.8) is 0 Å². The molecule has 0 spiro atoms. The van der Waals surface area contributed by atoms with Gasteiger partial charge >= 0.3 is 5.97 Å². The average Bonchev–Trinajstić information content (AvgIpc) is 2.87. The lowest BCUT2D eigenvalue weighted by atomic mass is 10.0. The van der Waals surface area contributed by atoms with E-state index in [0.717, 1.165) is 0 Å². The van der Waals surface area contributed by atoms with E-state index in [0.29, 0.717) is 12.2 Å². The second-order valence-electron chi connectivity index (χ2n) is 4.56. The molecule has 0 aliphatic carbocycles. The second kappa shape index (κ2) is 7.41. The van der Waals surface area contributed by atoms with Crippen molar-refractivity contribution in [2.75, 3.05) is 7.11 Å². The SMILES string of the molecule is COC(=O)[C@H](CC(C)C)NC(=O)C=Cc1ccco1. The molecule has 0 fully saturated rings. The monoisotopic (exact) mass is 265 g/mol. The van der Waals surface area contributed by atoms with Gasteiger partial charge in [0.25, 0.3) is 0 Å². The van der Waals surface area contributed by atoms with Crippen LogP contribution in [-0.4, -0.2) is 25.0 Å². The molecule has 0 aromatic carbocycles. The van der Waals surface area contributed by atoms with Gasteiger partial charge in [-0.25, -0.2) is 4.79 Å². The first-order valence-corrected chi connectivity index (χ1v) is 6.13. The van der Waals surface area contributed by atoms with E-state index in [1.165, 1.54) is 19.4 Å². The zero-order chi connectivity index (χ0) is 14.3. The Labute approximate surface area is 112 Å². The van der Waals surface area contributed by atoms with E-state index in [1.807, 2.05) is 13.8 Å². The summed E-state index contributed by atoms with van der Waals surface area (Å²) in [6.45, 7) is 3.95. The number of hydrogen-bond acceptors (Lipinski definition) is 4. The maximum Gasteiger partial charge on any atom is 0.328 e. The van der Waals surface area contributed by atoms with E-state index in [4.69, 9.17) is 4.42 Å². The van der Waals surface area contributed by atoms with Crippen molar-refractivity contribution in [1.29, 1.82) is 0 Å². The fourth-order valence-corrected chi connectivity index (χ4v) is 1.59. The van der Waals surface area contributed by atoms with Crippen LogP contribution in [0.1, 0.15) is 26.0 Å². The molecular weight excluding hydrogens is 246 g/mol. The van der Waals surface area contributed by atoms with Crippen molar-refractivity contribution in [1.82, 2.24) is 5.32 Å². The average molecular weight is 265 g/mol. The Balaban J connectivity index is 2.58. The largest absolute Gasteiger partial charge is 0.467 e. The Morgan fingerprint density at radius 1 is 1.47 bits per heavy atom. The van der Waals surface area contributed by atoms with Gasteiger partial charge in [0.1, 0.15) is 11.8 Å². The highest BCUT2D eigenvalue weighted by Crippen LogP contribution is 2.07. The molecule has 104 valence electrons. The van der Waals surface area contributed by atoms with Gasteiger partial charge in [0.2, 0.25) is 5.91 Å². The number of ether oxygens (including phenoxy) is 1. The van der Waals surface area contributed by atoms with E-state index in [-0.39, 0.29) is 11.8 Å². The van der Waals surface area contributed by atoms with Crippen LogP contribution in [0.3, 0.4) is 0 Å². The molecule has 0 saturated carbocycles. The number of esters is 1. The smallest absolute Gasteiger partial charge is 0.328 e. The van der Waals surface area contributed by atoms with E-state index >= 15 is 0 Å². The maximum absolute atomic E-state index is 11.7. The third kappa shape index (κ3) is 5.42. The standard InChI is InChI=1S/C14H19NO4/c1-10(2)9-12(14(17)18-3)15-13(16)7-6-11-5-4-8-19-11/h4-8,10,12H,9H2,1-3H3,(H,15,16)/t12-/m0/s1. The molecular formula is C14H19NO4. The first-order chi connectivity index (χ1) is 9.02. The van der Waals surface area contributed by atoms with Crippen LogP contribution in [0, 0.1) is 5.92 Å². The molecule has 1 rings (SSSR count). The highest BCUT2D eigenvalue weighted by molar-refractivity contribution is 5.94. The lowest BCUT2D eigenvalue weighted by Crippen LogP contribution is -2.41. The summed E-state index contributed by atoms with van der Waals surface area (Å²) >= 11 is 0. The zero-order valence-electron chi connectivity index (χ0n) is 11.4. The highest BCUT2D eigenvalue weighted by atomic mass is 16.5. The van der Waals surface area contributed by atoms with Crippen molar-refractivity contribution in [3.05, 3.63) is 30.2 Å². The summed E-state index contributed by atoms with van der Waals surface area (Å²) in [5.74, 6) is 0.0629. The number of furan rings is 1. The quantitative estimate of drug-likeness (QED) is 0.631. The molecule has 0 bridgehead atoms. The topological polar surface area (TPSA) is 68.5 Å². The molecule has 5 nitrogen and oxygen atoms in total. The van der Waals surface area contributed by atoms with Crippen LogP contribution in [0.4, 0.5) is 0 Å². The summed E-state index contributed by atoms with van der Waals surface area (Å²) in [5, 5.41) is 2.62. The zero-order valence-corrected chi connectivity index (χ0v) is 11.4. The minimum absolute atomic E-state index is 0.276. The molecule has 1 heterocycles. The Kier molecular flexibility index (Phi) is 5.85. The van der Waals surface area contributed by atoms with Gasteiger partial charge in [-0.05, 0) is 30.5 Å². The van der Waals surface area contributed by atoms with Gasteiger partial charge < -0.3 is 14.5 Å². The van der Waals surface area contributed by atoms with Crippen LogP contribution < -0.4 is 5.32 Å². The number of rotatable bonds is 6. The van der Waals surface area contributed by atoms with Crippen molar-refractivity contribution >= 4 is 18.0 Å². The molecule has 1 N–H and O–H groups in total.